The van der Waals surface area contributed by atoms with E-state index in [1.54, 1.807) is 12.1 Å². The molecule has 0 aliphatic carbocycles. The van der Waals surface area contributed by atoms with Gasteiger partial charge in [0, 0.05) is 4.70 Å². The number of aliphatic hydroxyl groups excluding tert-OH is 1. The molecule has 0 saturated carbocycles. The van der Waals surface area contributed by atoms with E-state index in [-0.39, 0.29) is 17.2 Å². The van der Waals surface area contributed by atoms with Crippen molar-refractivity contribution in [3.63, 3.8) is 0 Å². The number of rotatable bonds is 4. The molecule has 2 N–H and O–H groups in total. The van der Waals surface area contributed by atoms with Gasteiger partial charge in [-0.3, -0.25) is 0 Å². The summed E-state index contributed by atoms with van der Waals surface area (Å²) in [5.41, 5.74) is 1.36. The molecule has 0 aliphatic heterocycles. The minimum atomic E-state index is -0.999. The first-order valence-corrected chi connectivity index (χ1v) is 9.36. The molecular formula is C21H15N3O3S. The van der Waals surface area contributed by atoms with Gasteiger partial charge >= 0.3 is 5.97 Å². The Labute approximate surface area is 164 Å². The van der Waals surface area contributed by atoms with Crippen molar-refractivity contribution in [2.75, 3.05) is 0 Å². The lowest BCUT2D eigenvalue weighted by molar-refractivity contribution is 0.0340. The Balaban J connectivity index is 1.60. The number of benzene rings is 2. The summed E-state index contributed by atoms with van der Waals surface area (Å²) in [7, 11) is 0. The van der Waals surface area contributed by atoms with E-state index >= 15 is 0 Å². The Hall–Kier alpha value is -3.63. The smallest absolute Gasteiger partial charge is 0.349 e. The molecule has 0 fully saturated rings. The van der Waals surface area contributed by atoms with Crippen LogP contribution < -0.4 is 0 Å². The second kappa shape index (κ2) is 7.18. The molecule has 0 radical (unpaired) electrons. The quantitative estimate of drug-likeness (QED) is 0.296. The third-order valence-electron chi connectivity index (χ3n) is 4.29. The largest absolute Gasteiger partial charge is 0.507 e. The lowest BCUT2D eigenvalue weighted by atomic mass is 10.1. The third-order valence-corrected chi connectivity index (χ3v) is 5.39. The van der Waals surface area contributed by atoms with Gasteiger partial charge in [0.1, 0.15) is 16.5 Å². The number of nitriles is 1. The van der Waals surface area contributed by atoms with Crippen molar-refractivity contribution in [2.24, 2.45) is 0 Å². The molecule has 0 bridgehead atoms. The number of ether oxygens (including phenoxy) is 1. The molecule has 2 aromatic heterocycles. The van der Waals surface area contributed by atoms with E-state index in [0.717, 1.165) is 15.6 Å². The highest BCUT2D eigenvalue weighted by Gasteiger charge is 2.22. The van der Waals surface area contributed by atoms with Gasteiger partial charge in [0.15, 0.2) is 17.7 Å². The van der Waals surface area contributed by atoms with Crippen LogP contribution in [0, 0.1) is 11.3 Å². The summed E-state index contributed by atoms with van der Waals surface area (Å²) in [6.07, 6.45) is -0.999. The summed E-state index contributed by atoms with van der Waals surface area (Å²) in [6.45, 7) is 1.51. The van der Waals surface area contributed by atoms with Crippen molar-refractivity contribution in [1.29, 1.82) is 5.26 Å². The van der Waals surface area contributed by atoms with E-state index in [1.807, 2.05) is 48.5 Å². The molecule has 28 heavy (non-hydrogen) atoms. The number of nitrogens with one attached hydrogen (secondary N) is 1. The molecule has 0 saturated heterocycles. The van der Waals surface area contributed by atoms with Crippen molar-refractivity contribution in [2.45, 2.75) is 13.0 Å². The molecule has 6 nitrogen and oxygen atoms in total. The lowest BCUT2D eigenvalue weighted by Crippen LogP contribution is -2.18. The highest BCUT2D eigenvalue weighted by Crippen LogP contribution is 2.27. The summed E-state index contributed by atoms with van der Waals surface area (Å²) < 4.78 is 6.35. The number of esters is 1. The number of aliphatic hydroxyl groups is 1. The molecule has 7 heteroatoms. The first-order chi connectivity index (χ1) is 13.6. The zero-order valence-corrected chi connectivity index (χ0v) is 15.7. The van der Waals surface area contributed by atoms with Crippen LogP contribution in [0.1, 0.15) is 22.4 Å². The molecule has 0 amide bonds. The number of aromatic amines is 1. The maximum absolute atomic E-state index is 12.5. The van der Waals surface area contributed by atoms with Gasteiger partial charge in [-0.1, -0.05) is 30.3 Å². The average Bonchev–Trinajstić information content (AvgIpc) is 3.32. The Morgan fingerprint density at radius 2 is 2.00 bits per heavy atom. The molecular weight excluding hydrogens is 374 g/mol. The fourth-order valence-corrected chi connectivity index (χ4v) is 3.81. The molecule has 4 rings (SSSR count). The predicted molar refractivity (Wildman–Crippen MR) is 108 cm³/mol. The van der Waals surface area contributed by atoms with Gasteiger partial charge in [0.25, 0.3) is 0 Å². The topological polar surface area (TPSA) is 99.0 Å². The zero-order chi connectivity index (χ0) is 19.7. The summed E-state index contributed by atoms with van der Waals surface area (Å²) in [5.74, 6) is -0.677. The van der Waals surface area contributed by atoms with Crippen molar-refractivity contribution >= 4 is 44.0 Å². The minimum Gasteiger partial charge on any atom is -0.507 e. The Kier molecular flexibility index (Phi) is 4.55. The van der Waals surface area contributed by atoms with Gasteiger partial charge in [0.2, 0.25) is 0 Å². The Morgan fingerprint density at radius 1 is 1.25 bits per heavy atom. The number of nitrogens with zero attached hydrogens (tertiary/aromatic N) is 2. The Morgan fingerprint density at radius 3 is 2.75 bits per heavy atom. The molecule has 0 aliphatic rings. The van der Waals surface area contributed by atoms with Crippen molar-refractivity contribution in [3.05, 3.63) is 71.1 Å². The number of hydrogen-bond donors (Lipinski definition) is 2. The van der Waals surface area contributed by atoms with Crippen molar-refractivity contribution < 1.29 is 14.6 Å². The van der Waals surface area contributed by atoms with Gasteiger partial charge in [-0.05, 0) is 36.6 Å². The first-order valence-electron chi connectivity index (χ1n) is 8.54. The minimum absolute atomic E-state index is 0.0622. The van der Waals surface area contributed by atoms with Crippen molar-refractivity contribution in [3.8, 4) is 6.07 Å². The van der Waals surface area contributed by atoms with E-state index < -0.39 is 12.1 Å². The van der Waals surface area contributed by atoms with Crippen LogP contribution in [-0.2, 0) is 4.74 Å². The van der Waals surface area contributed by atoms with Crippen molar-refractivity contribution in [1.82, 2.24) is 9.97 Å². The number of carbonyl (C=O) groups is 1. The number of hydrogen-bond acceptors (Lipinski definition) is 6. The fourth-order valence-electron chi connectivity index (χ4n) is 2.86. The lowest BCUT2D eigenvalue weighted by Gasteiger charge is -2.12. The van der Waals surface area contributed by atoms with E-state index in [4.69, 9.17) is 4.74 Å². The summed E-state index contributed by atoms with van der Waals surface area (Å²) >= 11 is 1.32. The van der Waals surface area contributed by atoms with Crippen LogP contribution in [0.25, 0.3) is 26.7 Å². The number of carbonyl (C=O) groups excluding carboxylic acids is 1. The van der Waals surface area contributed by atoms with Gasteiger partial charge < -0.3 is 14.8 Å². The normalized spacial score (nSPS) is 13.1. The molecule has 2 heterocycles. The van der Waals surface area contributed by atoms with E-state index in [2.05, 4.69) is 9.97 Å². The van der Waals surface area contributed by atoms with Crippen LogP contribution in [0.3, 0.4) is 0 Å². The summed E-state index contributed by atoms with van der Waals surface area (Å²) in [4.78, 5) is 20.2. The van der Waals surface area contributed by atoms with E-state index in [0.29, 0.717) is 10.4 Å². The number of imidazole rings is 1. The van der Waals surface area contributed by atoms with Gasteiger partial charge in [0.05, 0.1) is 11.0 Å². The molecule has 1 atom stereocenters. The fraction of sp³-hybridized carbons (Fsp3) is 0.0952. The second-order valence-corrected chi connectivity index (χ2v) is 7.25. The third kappa shape index (κ3) is 3.21. The maximum Gasteiger partial charge on any atom is 0.349 e. The predicted octanol–water partition coefficient (Wildman–Crippen LogP) is 4.82. The van der Waals surface area contributed by atoms with Crippen LogP contribution >= 0.6 is 11.3 Å². The van der Waals surface area contributed by atoms with Gasteiger partial charge in [-0.15, -0.1) is 11.3 Å². The zero-order valence-electron chi connectivity index (χ0n) is 14.8. The summed E-state index contributed by atoms with van der Waals surface area (Å²) in [5, 5.41) is 21.0. The second-order valence-electron chi connectivity index (χ2n) is 6.17. The van der Waals surface area contributed by atoms with Crippen LogP contribution in [0.2, 0.25) is 0 Å². The van der Waals surface area contributed by atoms with Crippen LogP contribution in [0.4, 0.5) is 0 Å². The highest BCUT2D eigenvalue weighted by atomic mass is 32.1. The number of para-hydroxylation sites is 2. The highest BCUT2D eigenvalue weighted by molar-refractivity contribution is 7.20. The molecule has 0 unspecified atom stereocenters. The van der Waals surface area contributed by atoms with E-state index in [1.165, 1.54) is 18.3 Å². The maximum atomic E-state index is 12.5. The number of thiophene rings is 1. The van der Waals surface area contributed by atoms with E-state index in [9.17, 15) is 15.2 Å². The molecule has 4 aromatic rings. The number of aromatic nitrogens is 2. The molecule has 138 valence electrons. The average molecular weight is 389 g/mol. The SMILES string of the molecule is C[C@@H](OC(=O)c1cc2ccccc2s1)/C(O)=C(\C#N)c1nc2ccccc2[nH]1. The van der Waals surface area contributed by atoms with Gasteiger partial charge in [-0.2, -0.15) is 5.26 Å². The molecule has 2 aromatic carbocycles. The van der Waals surface area contributed by atoms with Crippen LogP contribution in [-0.4, -0.2) is 27.1 Å². The first kappa shape index (κ1) is 17.8. The van der Waals surface area contributed by atoms with Crippen LogP contribution in [0.5, 0.6) is 0 Å². The Bertz CT molecular complexity index is 1200. The standard InChI is InChI=1S/C21H15N3O3S/c1-12(27-21(26)18-10-13-6-2-5-9-17(13)28-18)19(25)14(11-22)20-23-15-7-3-4-8-16(15)24-20/h2-10,12,25H,1H3,(H,23,24)/b19-14-/t12-/m1/s1. The van der Waals surface area contributed by atoms with Crippen LogP contribution in [0.15, 0.2) is 60.4 Å². The van der Waals surface area contributed by atoms with Gasteiger partial charge in [-0.25, -0.2) is 9.78 Å². The monoisotopic (exact) mass is 389 g/mol. The summed E-state index contributed by atoms with van der Waals surface area (Å²) in [6, 6.07) is 18.6. The number of fused-ring (bicyclic) bond motifs is 2. The number of allylic oxidation sites excluding steroid dienone is 1. The number of H-pyrrole nitrogens is 1. The molecule has 0 spiro atoms.